The van der Waals surface area contributed by atoms with Crippen molar-refractivity contribution in [2.45, 2.75) is 12.8 Å². The van der Waals surface area contributed by atoms with Crippen LogP contribution in [0.4, 0.5) is 0 Å². The minimum atomic E-state index is -0.291. The van der Waals surface area contributed by atoms with E-state index < -0.39 is 0 Å². The Morgan fingerprint density at radius 2 is 1.74 bits per heavy atom. The number of fused-ring (bicyclic) bond motifs is 4. The van der Waals surface area contributed by atoms with Crippen LogP contribution in [0.5, 0.6) is 28.9 Å². The molecule has 0 saturated heterocycles. The second-order valence-corrected chi connectivity index (χ2v) is 8.40. The van der Waals surface area contributed by atoms with Crippen LogP contribution in [0.25, 0.3) is 17.0 Å². The molecule has 0 fully saturated rings. The predicted molar refractivity (Wildman–Crippen MR) is 130 cm³/mol. The van der Waals surface area contributed by atoms with Crippen LogP contribution in [0.1, 0.15) is 28.2 Å². The van der Waals surface area contributed by atoms with Gasteiger partial charge in [0.1, 0.15) is 17.8 Å². The highest BCUT2D eigenvalue weighted by Crippen LogP contribution is 2.49. The summed E-state index contributed by atoms with van der Waals surface area (Å²) in [6.45, 7) is 2.04. The number of hydrogen-bond donors (Lipinski definition) is 1. The number of phenolic OH excluding ortho intramolecular Hbond substituents is 1. The summed E-state index contributed by atoms with van der Waals surface area (Å²) in [7, 11) is 3.22. The third-order valence-corrected chi connectivity index (χ3v) is 6.24. The highest BCUT2D eigenvalue weighted by molar-refractivity contribution is 5.69. The average molecular weight is 466 g/mol. The molecule has 8 nitrogen and oxygen atoms in total. The molecular formula is C27H22N4O4. The normalized spacial score (nSPS) is 14.2. The summed E-state index contributed by atoms with van der Waals surface area (Å²) in [5, 5.41) is 14.8. The second-order valence-electron chi connectivity index (χ2n) is 8.40. The largest absolute Gasteiger partial charge is 0.508 e. The Labute approximate surface area is 201 Å². The molecule has 5 aromatic rings. The van der Waals surface area contributed by atoms with Crippen molar-refractivity contribution < 1.29 is 19.3 Å². The maximum Gasteiger partial charge on any atom is 0.228 e. The number of aryl methyl sites for hydroxylation is 1. The summed E-state index contributed by atoms with van der Waals surface area (Å²) in [4.78, 5) is 9.44. The highest BCUT2D eigenvalue weighted by Gasteiger charge is 2.34. The molecular weight excluding hydrogens is 444 g/mol. The fourth-order valence-corrected chi connectivity index (χ4v) is 4.51. The fourth-order valence-electron chi connectivity index (χ4n) is 4.51. The maximum absolute atomic E-state index is 10.1. The highest BCUT2D eigenvalue weighted by atomic mass is 16.5. The van der Waals surface area contributed by atoms with Crippen LogP contribution in [0, 0.1) is 6.92 Å². The lowest BCUT2D eigenvalue weighted by Gasteiger charge is -2.28. The number of ether oxygens (including phenoxy) is 3. The van der Waals surface area contributed by atoms with Crippen LogP contribution in [0.15, 0.2) is 67.0 Å². The number of aromatic hydroxyl groups is 1. The van der Waals surface area contributed by atoms with Crippen LogP contribution >= 0.6 is 0 Å². The van der Waals surface area contributed by atoms with Crippen LogP contribution in [0.2, 0.25) is 0 Å². The fraction of sp³-hybridized carbons (Fsp3) is 0.148. The molecule has 0 spiro atoms. The number of hydrogen-bond acceptors (Lipinski definition) is 7. The van der Waals surface area contributed by atoms with E-state index in [9.17, 15) is 5.11 Å². The number of nitrogens with zero attached hydrogens (tertiary/aromatic N) is 4. The number of phenols is 1. The van der Waals surface area contributed by atoms with Gasteiger partial charge in [-0.15, -0.1) is 5.10 Å². The topological polar surface area (TPSA) is 91.0 Å². The van der Waals surface area contributed by atoms with Crippen LogP contribution in [-0.4, -0.2) is 38.9 Å². The molecule has 35 heavy (non-hydrogen) atoms. The minimum Gasteiger partial charge on any atom is -0.508 e. The van der Waals surface area contributed by atoms with Gasteiger partial charge in [-0.05, 0) is 30.7 Å². The summed E-state index contributed by atoms with van der Waals surface area (Å²) in [6.07, 6.45) is 1.60. The lowest BCUT2D eigenvalue weighted by molar-refractivity contribution is 0.354. The Kier molecular flexibility index (Phi) is 4.81. The molecule has 1 aliphatic rings. The number of rotatable bonds is 4. The summed E-state index contributed by atoms with van der Waals surface area (Å²) < 4.78 is 18.8. The van der Waals surface area contributed by atoms with Crippen LogP contribution in [0.3, 0.4) is 0 Å². The van der Waals surface area contributed by atoms with E-state index in [0.29, 0.717) is 34.6 Å². The quantitative estimate of drug-likeness (QED) is 0.386. The van der Waals surface area contributed by atoms with Crippen molar-refractivity contribution in [2.24, 2.45) is 0 Å². The maximum atomic E-state index is 10.1. The van der Waals surface area contributed by atoms with E-state index in [-0.39, 0.29) is 11.7 Å². The molecule has 1 atom stereocenters. The van der Waals surface area contributed by atoms with Gasteiger partial charge in [0.25, 0.3) is 0 Å². The van der Waals surface area contributed by atoms with Gasteiger partial charge in [-0.3, -0.25) is 0 Å². The molecule has 1 aliphatic heterocycles. The molecule has 174 valence electrons. The van der Waals surface area contributed by atoms with Gasteiger partial charge >= 0.3 is 0 Å². The van der Waals surface area contributed by atoms with Crippen molar-refractivity contribution in [3.05, 3.63) is 89.2 Å². The predicted octanol–water partition coefficient (Wildman–Crippen LogP) is 5.11. The lowest BCUT2D eigenvalue weighted by Crippen LogP contribution is -2.15. The Bertz CT molecular complexity index is 1580. The van der Waals surface area contributed by atoms with E-state index in [1.807, 2.05) is 55.5 Å². The molecule has 3 aromatic carbocycles. The summed E-state index contributed by atoms with van der Waals surface area (Å²) in [5.41, 5.74) is 5.31. The van der Waals surface area contributed by atoms with Crippen LogP contribution < -0.4 is 14.2 Å². The molecule has 3 heterocycles. The summed E-state index contributed by atoms with van der Waals surface area (Å²) in [5.74, 6) is 2.62. The third-order valence-electron chi connectivity index (χ3n) is 6.24. The van der Waals surface area contributed by atoms with E-state index in [0.717, 1.165) is 22.3 Å². The van der Waals surface area contributed by atoms with Gasteiger partial charge in [-0.1, -0.05) is 42.0 Å². The first-order valence-electron chi connectivity index (χ1n) is 11.1. The van der Waals surface area contributed by atoms with Crippen molar-refractivity contribution in [2.75, 3.05) is 14.2 Å². The van der Waals surface area contributed by atoms with Crippen molar-refractivity contribution in [3.63, 3.8) is 0 Å². The SMILES string of the molecule is COc1ccc(C2c3ccc(O)cc3Oc3ncn4nc(-c5ccc(C)cc5)nc4c32)cc1OC. The first kappa shape index (κ1) is 21.0. The first-order chi connectivity index (χ1) is 17.1. The van der Waals surface area contributed by atoms with Gasteiger partial charge < -0.3 is 19.3 Å². The van der Waals surface area contributed by atoms with E-state index in [1.165, 1.54) is 5.56 Å². The van der Waals surface area contributed by atoms with E-state index in [1.54, 1.807) is 37.2 Å². The Balaban J connectivity index is 1.60. The number of benzene rings is 3. The van der Waals surface area contributed by atoms with Crippen molar-refractivity contribution in [1.29, 1.82) is 0 Å². The molecule has 0 aliphatic carbocycles. The first-order valence-corrected chi connectivity index (χ1v) is 11.1. The number of methoxy groups -OCH3 is 2. The average Bonchev–Trinajstić information content (AvgIpc) is 3.32. The van der Waals surface area contributed by atoms with E-state index in [4.69, 9.17) is 19.2 Å². The van der Waals surface area contributed by atoms with E-state index in [2.05, 4.69) is 10.1 Å². The smallest absolute Gasteiger partial charge is 0.228 e. The molecule has 8 heteroatoms. The molecule has 2 aromatic heterocycles. The van der Waals surface area contributed by atoms with Crippen LogP contribution in [-0.2, 0) is 0 Å². The monoisotopic (exact) mass is 466 g/mol. The molecule has 6 rings (SSSR count). The van der Waals surface area contributed by atoms with E-state index >= 15 is 0 Å². The second kappa shape index (κ2) is 8.02. The van der Waals surface area contributed by atoms with Crippen molar-refractivity contribution in [3.8, 4) is 40.3 Å². The Morgan fingerprint density at radius 3 is 2.51 bits per heavy atom. The molecule has 0 saturated carbocycles. The lowest BCUT2D eigenvalue weighted by atomic mass is 9.83. The van der Waals surface area contributed by atoms with Gasteiger partial charge in [-0.2, -0.15) is 0 Å². The zero-order valence-corrected chi connectivity index (χ0v) is 19.4. The Hall–Kier alpha value is -4.59. The molecule has 0 radical (unpaired) electrons. The zero-order chi connectivity index (χ0) is 24.1. The van der Waals surface area contributed by atoms with Gasteiger partial charge in [0, 0.05) is 23.1 Å². The van der Waals surface area contributed by atoms with Gasteiger partial charge in [0.2, 0.25) is 5.88 Å². The van der Waals surface area contributed by atoms with Gasteiger partial charge in [0.05, 0.1) is 19.8 Å². The van der Waals surface area contributed by atoms with Crippen molar-refractivity contribution in [1.82, 2.24) is 19.6 Å². The minimum absolute atomic E-state index is 0.114. The Morgan fingerprint density at radius 1 is 0.943 bits per heavy atom. The van der Waals surface area contributed by atoms with Gasteiger partial charge in [0.15, 0.2) is 23.0 Å². The molecule has 1 N–H and O–H groups in total. The van der Waals surface area contributed by atoms with Gasteiger partial charge in [-0.25, -0.2) is 14.5 Å². The summed E-state index contributed by atoms with van der Waals surface area (Å²) in [6, 6.07) is 19.0. The summed E-state index contributed by atoms with van der Waals surface area (Å²) >= 11 is 0. The zero-order valence-electron chi connectivity index (χ0n) is 19.4. The van der Waals surface area contributed by atoms with Crippen molar-refractivity contribution >= 4 is 5.65 Å². The molecule has 1 unspecified atom stereocenters. The molecule has 0 bridgehead atoms. The third kappa shape index (κ3) is 3.42. The number of aromatic nitrogens is 4. The standard InChI is InChI=1S/C27H22N4O4/c1-15-4-6-16(7-5-15)25-29-26-24-23(17-8-11-20(33-2)22(12-17)34-3)19-10-9-18(32)13-21(19)35-27(24)28-14-31(26)30-25/h4-14,23,32H,1-3H3. The molecule has 0 amide bonds.